The molecule has 0 radical (unpaired) electrons. The maximum absolute atomic E-state index is 9.62. The van der Waals surface area contributed by atoms with Crippen LogP contribution in [-0.4, -0.2) is 23.0 Å². The van der Waals surface area contributed by atoms with Gasteiger partial charge in [-0.2, -0.15) is 0 Å². The Kier molecular flexibility index (Phi) is 6.03. The van der Waals surface area contributed by atoms with E-state index in [1.807, 2.05) is 13.8 Å². The molecule has 0 spiro atoms. The third-order valence-corrected chi connectivity index (χ3v) is 3.50. The molecule has 0 bridgehead atoms. The van der Waals surface area contributed by atoms with Crippen molar-refractivity contribution in [1.29, 1.82) is 0 Å². The first kappa shape index (κ1) is 14.6. The summed E-state index contributed by atoms with van der Waals surface area (Å²) < 4.78 is 0. The van der Waals surface area contributed by atoms with Crippen LogP contribution in [0, 0.1) is 0 Å². The average Bonchev–Trinajstić information content (AvgIpc) is 2.26. The lowest BCUT2D eigenvalue weighted by atomic mass is 10.1. The van der Waals surface area contributed by atoms with Crippen LogP contribution in [0.3, 0.4) is 0 Å². The zero-order valence-electron chi connectivity index (χ0n) is 11.0. The van der Waals surface area contributed by atoms with Crippen LogP contribution in [0.1, 0.15) is 32.8 Å². The largest absolute Gasteiger partial charge is 0.390 e. The maximum Gasteiger partial charge on any atom is 0.0599 e. The highest BCUT2D eigenvalue weighted by Crippen LogP contribution is 2.22. The predicted molar refractivity (Wildman–Crippen MR) is 75.5 cm³/mol. The van der Waals surface area contributed by atoms with Crippen molar-refractivity contribution in [3.63, 3.8) is 0 Å². The minimum Gasteiger partial charge on any atom is -0.390 e. The van der Waals surface area contributed by atoms with Crippen molar-refractivity contribution in [3.05, 3.63) is 29.8 Å². The third kappa shape index (κ3) is 6.71. The van der Waals surface area contributed by atoms with Crippen molar-refractivity contribution in [3.8, 4) is 0 Å². The van der Waals surface area contributed by atoms with E-state index in [9.17, 15) is 5.11 Å². The van der Waals surface area contributed by atoms with Gasteiger partial charge in [-0.05, 0) is 44.5 Å². The van der Waals surface area contributed by atoms with Gasteiger partial charge in [0, 0.05) is 17.2 Å². The Morgan fingerprint density at radius 2 is 1.88 bits per heavy atom. The quantitative estimate of drug-likeness (QED) is 0.733. The molecular weight excluding hydrogens is 230 g/mol. The molecule has 0 amide bonds. The van der Waals surface area contributed by atoms with Gasteiger partial charge < -0.3 is 10.4 Å². The third-order valence-electron chi connectivity index (χ3n) is 2.49. The molecule has 17 heavy (non-hydrogen) atoms. The first-order valence-electron chi connectivity index (χ1n) is 6.16. The zero-order chi connectivity index (χ0) is 12.7. The highest BCUT2D eigenvalue weighted by Gasteiger charge is 2.11. The van der Waals surface area contributed by atoms with Crippen molar-refractivity contribution in [2.24, 2.45) is 0 Å². The molecule has 1 aromatic carbocycles. The second-order valence-electron chi connectivity index (χ2n) is 4.84. The molecule has 0 heterocycles. The molecule has 1 rings (SSSR count). The van der Waals surface area contributed by atoms with Gasteiger partial charge in [-0.15, -0.1) is 11.8 Å². The minimum absolute atomic E-state index is 0.558. The Hall–Kier alpha value is -0.510. The molecule has 1 aromatic rings. The highest BCUT2D eigenvalue weighted by atomic mass is 32.2. The monoisotopic (exact) mass is 253 g/mol. The summed E-state index contributed by atoms with van der Waals surface area (Å²) in [4.78, 5) is 1.27. The van der Waals surface area contributed by atoms with E-state index in [4.69, 9.17) is 0 Å². The molecule has 0 aliphatic rings. The minimum atomic E-state index is -0.558. The molecule has 0 unspecified atom stereocenters. The summed E-state index contributed by atoms with van der Waals surface area (Å²) in [7, 11) is 0. The van der Waals surface area contributed by atoms with E-state index in [1.165, 1.54) is 10.5 Å². The summed E-state index contributed by atoms with van der Waals surface area (Å²) in [5.74, 6) is 0.954. The molecule has 2 N–H and O–H groups in total. The van der Waals surface area contributed by atoms with Crippen LogP contribution in [0.4, 0.5) is 0 Å². The van der Waals surface area contributed by atoms with E-state index in [-0.39, 0.29) is 0 Å². The van der Waals surface area contributed by atoms with Crippen LogP contribution in [0.15, 0.2) is 29.2 Å². The second-order valence-corrected chi connectivity index (χ2v) is 6.00. The smallest absolute Gasteiger partial charge is 0.0599 e. The average molecular weight is 253 g/mol. The van der Waals surface area contributed by atoms with E-state index in [2.05, 4.69) is 36.5 Å². The molecular formula is C14H23NOS. The Labute approximate surface area is 109 Å². The summed E-state index contributed by atoms with van der Waals surface area (Å²) in [5.41, 5.74) is 0.761. The number of hydrogen-bond donors (Lipinski definition) is 2. The lowest BCUT2D eigenvalue weighted by Crippen LogP contribution is -2.18. The molecule has 0 atom stereocenters. The summed E-state index contributed by atoms with van der Waals surface area (Å²) in [6.07, 6.45) is 0.816. The van der Waals surface area contributed by atoms with Crippen molar-refractivity contribution >= 4 is 11.8 Å². The lowest BCUT2D eigenvalue weighted by Gasteiger charge is -2.16. The van der Waals surface area contributed by atoms with E-state index in [1.54, 1.807) is 11.8 Å². The van der Waals surface area contributed by atoms with Gasteiger partial charge in [0.25, 0.3) is 0 Å². The highest BCUT2D eigenvalue weighted by molar-refractivity contribution is 7.99. The Morgan fingerprint density at radius 1 is 1.24 bits per heavy atom. The molecule has 0 saturated heterocycles. The summed E-state index contributed by atoms with van der Waals surface area (Å²) in [5, 5.41) is 12.9. The van der Waals surface area contributed by atoms with Gasteiger partial charge >= 0.3 is 0 Å². The fourth-order valence-corrected chi connectivity index (χ4v) is 2.56. The van der Waals surface area contributed by atoms with Crippen LogP contribution in [0.2, 0.25) is 0 Å². The molecule has 2 nitrogen and oxygen atoms in total. The van der Waals surface area contributed by atoms with E-state index in [0.717, 1.165) is 25.3 Å². The number of rotatable bonds is 7. The van der Waals surface area contributed by atoms with Gasteiger partial charge in [0.2, 0.25) is 0 Å². The maximum atomic E-state index is 9.62. The molecule has 0 saturated carbocycles. The van der Waals surface area contributed by atoms with E-state index in [0.29, 0.717) is 0 Å². The lowest BCUT2D eigenvalue weighted by molar-refractivity contribution is 0.0778. The van der Waals surface area contributed by atoms with Gasteiger partial charge in [0.15, 0.2) is 0 Å². The second kappa shape index (κ2) is 7.04. The van der Waals surface area contributed by atoms with Crippen molar-refractivity contribution < 1.29 is 5.11 Å². The first-order chi connectivity index (χ1) is 8.01. The molecule has 0 fully saturated rings. The molecule has 3 heteroatoms. The number of hydrogen-bond acceptors (Lipinski definition) is 3. The van der Waals surface area contributed by atoms with Crippen molar-refractivity contribution in [2.75, 3.05) is 12.3 Å². The Bertz CT molecular complexity index is 316. The van der Waals surface area contributed by atoms with Crippen LogP contribution in [-0.2, 0) is 6.54 Å². The predicted octanol–water partition coefficient (Wildman–Crippen LogP) is 3.05. The topological polar surface area (TPSA) is 32.3 Å². The number of nitrogens with one attached hydrogen (secondary N) is 1. The first-order valence-corrected chi connectivity index (χ1v) is 7.14. The summed E-state index contributed by atoms with van der Waals surface area (Å²) in [6.45, 7) is 7.76. The van der Waals surface area contributed by atoms with Crippen LogP contribution in [0.5, 0.6) is 0 Å². The fourth-order valence-electron chi connectivity index (χ4n) is 1.39. The van der Waals surface area contributed by atoms with E-state index >= 15 is 0 Å². The van der Waals surface area contributed by atoms with Crippen LogP contribution in [0.25, 0.3) is 0 Å². The summed E-state index contributed by atoms with van der Waals surface area (Å²) in [6, 6.07) is 8.63. The normalized spacial score (nSPS) is 11.8. The van der Waals surface area contributed by atoms with E-state index < -0.39 is 5.60 Å². The standard InChI is InChI=1S/C14H23NOS/c1-4-15-11-12-5-7-13(8-6-12)17-10-9-14(2,3)16/h5-8,15-16H,4,9-11H2,1-3H3. The Morgan fingerprint density at radius 3 is 2.41 bits per heavy atom. The van der Waals surface area contributed by atoms with Crippen LogP contribution < -0.4 is 5.32 Å². The zero-order valence-corrected chi connectivity index (χ0v) is 11.8. The molecule has 0 aliphatic heterocycles. The van der Waals surface area contributed by atoms with Crippen LogP contribution >= 0.6 is 11.8 Å². The number of aliphatic hydroxyl groups is 1. The number of benzene rings is 1. The number of thioether (sulfide) groups is 1. The van der Waals surface area contributed by atoms with Gasteiger partial charge in [-0.25, -0.2) is 0 Å². The summed E-state index contributed by atoms with van der Waals surface area (Å²) >= 11 is 1.80. The van der Waals surface area contributed by atoms with Gasteiger partial charge in [0.1, 0.15) is 0 Å². The van der Waals surface area contributed by atoms with Gasteiger partial charge in [-0.3, -0.25) is 0 Å². The van der Waals surface area contributed by atoms with Crippen molar-refractivity contribution in [2.45, 2.75) is 44.2 Å². The van der Waals surface area contributed by atoms with Crippen molar-refractivity contribution in [1.82, 2.24) is 5.32 Å². The molecule has 0 aromatic heterocycles. The Balaban J connectivity index is 2.35. The fraction of sp³-hybridized carbons (Fsp3) is 0.571. The van der Waals surface area contributed by atoms with Gasteiger partial charge in [0.05, 0.1) is 5.60 Å². The molecule has 0 aliphatic carbocycles. The SMILES string of the molecule is CCNCc1ccc(SCCC(C)(C)O)cc1. The molecule has 96 valence electrons. The van der Waals surface area contributed by atoms with Gasteiger partial charge in [-0.1, -0.05) is 19.1 Å².